The summed E-state index contributed by atoms with van der Waals surface area (Å²) < 4.78 is 8.06. The number of hydrogen-bond acceptors (Lipinski definition) is 4. The van der Waals surface area contributed by atoms with Crippen molar-refractivity contribution in [1.82, 2.24) is 14.5 Å². The van der Waals surface area contributed by atoms with Gasteiger partial charge in [0.2, 0.25) is 0 Å². The summed E-state index contributed by atoms with van der Waals surface area (Å²) in [6.07, 6.45) is 3.74. The fourth-order valence-electron chi connectivity index (χ4n) is 4.35. The summed E-state index contributed by atoms with van der Waals surface area (Å²) in [6.45, 7) is 2.09. The van der Waals surface area contributed by atoms with E-state index in [-0.39, 0.29) is 0 Å². The van der Waals surface area contributed by atoms with Crippen molar-refractivity contribution in [2.45, 2.75) is 6.92 Å². The quantitative estimate of drug-likeness (QED) is 0.248. The maximum atomic E-state index is 5.97. The Hall–Kier alpha value is -4.61. The van der Waals surface area contributed by atoms with Crippen molar-refractivity contribution in [2.24, 2.45) is 0 Å². The molecule has 0 fully saturated rings. The second-order valence-electron chi connectivity index (χ2n) is 8.74. The number of halogens is 1. The van der Waals surface area contributed by atoms with Crippen molar-refractivity contribution in [1.29, 1.82) is 0 Å². The lowest BCUT2D eigenvalue weighted by Gasteiger charge is -2.10. The molecule has 2 heterocycles. The number of hydrogen-bond donors (Lipinski definition) is 1. The molecule has 4 aromatic carbocycles. The predicted octanol–water partition coefficient (Wildman–Crippen LogP) is 8.59. The molecule has 6 heteroatoms. The van der Waals surface area contributed by atoms with Crippen LogP contribution in [0.3, 0.4) is 0 Å². The molecule has 0 spiro atoms. The van der Waals surface area contributed by atoms with Crippen LogP contribution in [0.5, 0.6) is 11.5 Å². The molecule has 6 rings (SSSR count). The molecule has 0 radical (unpaired) electrons. The maximum Gasteiger partial charge on any atom is 0.150 e. The molecule has 5 nitrogen and oxygen atoms in total. The van der Waals surface area contributed by atoms with Gasteiger partial charge in [-0.1, -0.05) is 54.1 Å². The second kappa shape index (κ2) is 9.80. The van der Waals surface area contributed by atoms with E-state index in [0.717, 1.165) is 50.9 Å². The third kappa shape index (κ3) is 4.77. The van der Waals surface area contributed by atoms with Crippen LogP contribution < -0.4 is 10.1 Å². The number of anilines is 2. The van der Waals surface area contributed by atoms with Crippen LogP contribution >= 0.6 is 11.6 Å². The van der Waals surface area contributed by atoms with Crippen LogP contribution in [0.15, 0.2) is 116 Å². The number of benzene rings is 4. The van der Waals surface area contributed by atoms with Crippen molar-refractivity contribution >= 4 is 34.1 Å². The number of nitrogens with zero attached hydrogens (tertiary/aromatic N) is 3. The standard InChI is InChI=1S/C31H23ClN4O/c1-21-6-5-9-25(18-21)36-19-28(22-7-3-2-4-8-22)29-30(33-20-34-31(29)36)35-24-12-16-27(17-13-24)37-26-14-10-23(32)11-15-26/h2-20H,1H3,(H,33,34,35). The van der Waals surface area contributed by atoms with Crippen LogP contribution in [0.1, 0.15) is 5.56 Å². The zero-order valence-corrected chi connectivity index (χ0v) is 20.9. The van der Waals surface area contributed by atoms with Gasteiger partial charge in [0.1, 0.15) is 23.6 Å². The molecule has 0 saturated heterocycles. The van der Waals surface area contributed by atoms with Gasteiger partial charge in [-0.05, 0) is 78.7 Å². The summed E-state index contributed by atoms with van der Waals surface area (Å²) in [7, 11) is 0. The lowest BCUT2D eigenvalue weighted by atomic mass is 10.1. The lowest BCUT2D eigenvalue weighted by molar-refractivity contribution is 0.483. The predicted molar refractivity (Wildman–Crippen MR) is 150 cm³/mol. The normalized spacial score (nSPS) is 11.0. The molecule has 0 aliphatic rings. The second-order valence-corrected chi connectivity index (χ2v) is 9.18. The minimum Gasteiger partial charge on any atom is -0.457 e. The number of ether oxygens (including phenoxy) is 1. The van der Waals surface area contributed by atoms with Gasteiger partial charge in [-0.2, -0.15) is 0 Å². The molecule has 0 atom stereocenters. The lowest BCUT2D eigenvalue weighted by Crippen LogP contribution is -1.98. The largest absolute Gasteiger partial charge is 0.457 e. The van der Waals surface area contributed by atoms with E-state index in [4.69, 9.17) is 16.3 Å². The number of nitrogens with one attached hydrogen (secondary N) is 1. The highest BCUT2D eigenvalue weighted by Crippen LogP contribution is 2.36. The Labute approximate surface area is 220 Å². The number of rotatable bonds is 6. The van der Waals surface area contributed by atoms with Crippen LogP contribution in [0.2, 0.25) is 5.02 Å². The average molecular weight is 503 g/mol. The van der Waals surface area contributed by atoms with Crippen molar-refractivity contribution in [3.63, 3.8) is 0 Å². The molecule has 0 unspecified atom stereocenters. The Bertz CT molecular complexity index is 1680. The van der Waals surface area contributed by atoms with Gasteiger partial charge in [0.15, 0.2) is 5.65 Å². The van der Waals surface area contributed by atoms with Gasteiger partial charge in [0, 0.05) is 28.2 Å². The molecule has 0 aliphatic heterocycles. The summed E-state index contributed by atoms with van der Waals surface area (Å²) in [5.74, 6) is 2.20. The van der Waals surface area contributed by atoms with Gasteiger partial charge >= 0.3 is 0 Å². The number of aromatic nitrogens is 3. The van der Waals surface area contributed by atoms with E-state index in [0.29, 0.717) is 5.02 Å². The molecular weight excluding hydrogens is 480 g/mol. The SMILES string of the molecule is Cc1cccc(-n2cc(-c3ccccc3)c3c(Nc4ccc(Oc5ccc(Cl)cc5)cc4)ncnc32)c1. The summed E-state index contributed by atoms with van der Waals surface area (Å²) in [5.41, 5.74) is 6.14. The Morgan fingerprint density at radius 2 is 1.51 bits per heavy atom. The molecular formula is C31H23ClN4O. The topological polar surface area (TPSA) is 52.0 Å². The van der Waals surface area contributed by atoms with E-state index in [1.54, 1.807) is 18.5 Å². The fraction of sp³-hybridized carbons (Fsp3) is 0.0323. The van der Waals surface area contributed by atoms with Gasteiger partial charge < -0.3 is 14.6 Å². The third-order valence-corrected chi connectivity index (χ3v) is 6.37. The highest BCUT2D eigenvalue weighted by molar-refractivity contribution is 6.30. The van der Waals surface area contributed by atoms with Crippen LogP contribution in [-0.4, -0.2) is 14.5 Å². The van der Waals surface area contributed by atoms with Crippen LogP contribution in [-0.2, 0) is 0 Å². The Morgan fingerprint density at radius 3 is 2.24 bits per heavy atom. The molecule has 37 heavy (non-hydrogen) atoms. The van der Waals surface area contributed by atoms with Crippen LogP contribution in [0.4, 0.5) is 11.5 Å². The van der Waals surface area contributed by atoms with Gasteiger partial charge in [0.05, 0.1) is 5.39 Å². The summed E-state index contributed by atoms with van der Waals surface area (Å²) in [4.78, 5) is 9.32. The third-order valence-electron chi connectivity index (χ3n) is 6.11. The van der Waals surface area contributed by atoms with Gasteiger partial charge in [-0.25, -0.2) is 9.97 Å². The molecule has 2 aromatic heterocycles. The van der Waals surface area contributed by atoms with Gasteiger partial charge in [-0.15, -0.1) is 0 Å². The Morgan fingerprint density at radius 1 is 0.784 bits per heavy atom. The van der Waals surface area contributed by atoms with Crippen molar-refractivity contribution in [3.05, 3.63) is 126 Å². The monoisotopic (exact) mass is 502 g/mol. The average Bonchev–Trinajstić information content (AvgIpc) is 3.32. The fourth-order valence-corrected chi connectivity index (χ4v) is 4.48. The number of fused-ring (bicyclic) bond motifs is 1. The summed E-state index contributed by atoms with van der Waals surface area (Å²) >= 11 is 5.97. The van der Waals surface area contributed by atoms with E-state index in [9.17, 15) is 0 Å². The summed E-state index contributed by atoms with van der Waals surface area (Å²) in [5, 5.41) is 5.12. The minimum atomic E-state index is 0.675. The first-order chi connectivity index (χ1) is 18.1. The highest BCUT2D eigenvalue weighted by Gasteiger charge is 2.17. The Balaban J connectivity index is 1.39. The zero-order valence-electron chi connectivity index (χ0n) is 20.1. The van der Waals surface area contributed by atoms with Crippen LogP contribution in [0, 0.1) is 6.92 Å². The first-order valence-corrected chi connectivity index (χ1v) is 12.3. The summed E-state index contributed by atoms with van der Waals surface area (Å²) in [6, 6.07) is 33.8. The first kappa shape index (κ1) is 22.8. The molecule has 0 aliphatic carbocycles. The van der Waals surface area contributed by atoms with Gasteiger partial charge in [-0.3, -0.25) is 0 Å². The minimum absolute atomic E-state index is 0.675. The van der Waals surface area contributed by atoms with Crippen molar-refractivity contribution in [2.75, 3.05) is 5.32 Å². The van der Waals surface area contributed by atoms with E-state index < -0.39 is 0 Å². The first-order valence-electron chi connectivity index (χ1n) is 11.9. The van der Waals surface area contributed by atoms with E-state index >= 15 is 0 Å². The maximum absolute atomic E-state index is 5.97. The molecule has 180 valence electrons. The smallest absolute Gasteiger partial charge is 0.150 e. The van der Waals surface area contributed by atoms with E-state index in [1.807, 2.05) is 54.6 Å². The molecule has 0 bridgehead atoms. The number of aryl methyl sites for hydroxylation is 1. The van der Waals surface area contributed by atoms with Crippen LogP contribution in [0.25, 0.3) is 27.8 Å². The van der Waals surface area contributed by atoms with Crippen molar-refractivity contribution in [3.8, 4) is 28.3 Å². The molecule has 0 amide bonds. The Kier molecular flexibility index (Phi) is 6.05. The molecule has 1 N–H and O–H groups in total. The highest BCUT2D eigenvalue weighted by atomic mass is 35.5. The molecule has 6 aromatic rings. The van der Waals surface area contributed by atoms with E-state index in [2.05, 4.69) is 69.4 Å². The van der Waals surface area contributed by atoms with Gasteiger partial charge in [0.25, 0.3) is 0 Å². The molecule has 0 saturated carbocycles. The van der Waals surface area contributed by atoms with Crippen molar-refractivity contribution < 1.29 is 4.74 Å². The zero-order chi connectivity index (χ0) is 25.2. The van der Waals surface area contributed by atoms with E-state index in [1.165, 1.54) is 5.56 Å².